The molecule has 0 fully saturated rings. The van der Waals surface area contributed by atoms with Gasteiger partial charge >= 0.3 is 18.2 Å². The van der Waals surface area contributed by atoms with Crippen LogP contribution in [0.15, 0.2) is 52.7 Å². The second-order valence-corrected chi connectivity index (χ2v) is 9.56. The number of anilines is 2. The summed E-state index contributed by atoms with van der Waals surface area (Å²) in [7, 11) is 0. The summed E-state index contributed by atoms with van der Waals surface area (Å²) < 4.78 is 15.9. The van der Waals surface area contributed by atoms with E-state index < -0.39 is 29.4 Å². The summed E-state index contributed by atoms with van der Waals surface area (Å²) in [5, 5.41) is 13.7. The highest BCUT2D eigenvalue weighted by molar-refractivity contribution is 5.98. The maximum absolute atomic E-state index is 12.6. The van der Waals surface area contributed by atoms with Crippen LogP contribution in [0, 0.1) is 0 Å². The molecule has 0 aliphatic heterocycles. The van der Waals surface area contributed by atoms with Gasteiger partial charge in [0, 0.05) is 12.5 Å². The lowest BCUT2D eigenvalue weighted by Gasteiger charge is -2.23. The number of benzene rings is 2. The number of esters is 1. The minimum Gasteiger partial charge on any atom is -0.461 e. The van der Waals surface area contributed by atoms with Gasteiger partial charge in [0.15, 0.2) is 0 Å². The first kappa shape index (κ1) is 27.3. The maximum atomic E-state index is 12.6. The quantitative estimate of drug-likeness (QED) is 0.262. The van der Waals surface area contributed by atoms with E-state index in [1.165, 1.54) is 13.0 Å². The summed E-state index contributed by atoms with van der Waals surface area (Å²) in [5.41, 5.74) is 0.0390. The van der Waals surface area contributed by atoms with E-state index in [0.29, 0.717) is 16.9 Å². The fourth-order valence-corrected chi connectivity index (χ4v) is 2.72. The molecule has 188 valence electrons. The number of nitrogens with zero attached hydrogens (tertiary/aromatic N) is 2. The first-order valence-corrected chi connectivity index (χ1v) is 11.0. The number of nitrogens with one attached hydrogen (secondary N) is 2. The van der Waals surface area contributed by atoms with Crippen LogP contribution in [-0.4, -0.2) is 29.4 Å². The van der Waals surface area contributed by atoms with Crippen LogP contribution < -0.4 is 10.6 Å². The van der Waals surface area contributed by atoms with Gasteiger partial charge in [-0.05, 0) is 65.8 Å². The van der Waals surface area contributed by atoms with Gasteiger partial charge in [-0.15, -0.1) is 0 Å². The zero-order valence-corrected chi connectivity index (χ0v) is 21.1. The molecule has 2 aromatic rings. The Morgan fingerprint density at radius 3 is 1.91 bits per heavy atom. The van der Waals surface area contributed by atoms with E-state index in [1.807, 2.05) is 18.2 Å². The van der Waals surface area contributed by atoms with Gasteiger partial charge < -0.3 is 14.2 Å². The standard InChI is InChI=1S/C25H32N4O6/c1-16(30)33-15-18-19(29-28-17-11-9-8-10-12-17)13-14-20(26-22(31)34-24(2,3)4)21(18)27-23(32)35-25(5,6)7/h8-14H,15H2,1-7H3,(H,26,31)(H,27,32). The molecular weight excluding hydrogens is 452 g/mol. The Morgan fingerprint density at radius 1 is 0.800 bits per heavy atom. The van der Waals surface area contributed by atoms with Crippen LogP contribution in [0.25, 0.3) is 0 Å². The molecule has 10 nitrogen and oxygen atoms in total. The molecule has 35 heavy (non-hydrogen) atoms. The lowest BCUT2D eigenvalue weighted by Crippen LogP contribution is -2.29. The number of azo groups is 1. The molecule has 0 radical (unpaired) electrons. The zero-order chi connectivity index (χ0) is 26.2. The van der Waals surface area contributed by atoms with Gasteiger partial charge in [-0.25, -0.2) is 9.59 Å². The predicted molar refractivity (Wildman–Crippen MR) is 132 cm³/mol. The summed E-state index contributed by atoms with van der Waals surface area (Å²) in [4.78, 5) is 36.7. The van der Waals surface area contributed by atoms with Crippen molar-refractivity contribution >= 4 is 40.9 Å². The molecule has 0 saturated carbocycles. The van der Waals surface area contributed by atoms with Crippen LogP contribution in [0.4, 0.5) is 32.3 Å². The van der Waals surface area contributed by atoms with Crippen molar-refractivity contribution in [3.8, 4) is 0 Å². The molecule has 0 heterocycles. The number of hydrogen-bond donors (Lipinski definition) is 2. The van der Waals surface area contributed by atoms with E-state index in [9.17, 15) is 14.4 Å². The van der Waals surface area contributed by atoms with Crippen molar-refractivity contribution < 1.29 is 28.6 Å². The second-order valence-electron chi connectivity index (χ2n) is 9.56. The average molecular weight is 485 g/mol. The van der Waals surface area contributed by atoms with Gasteiger partial charge in [0.25, 0.3) is 0 Å². The average Bonchev–Trinajstić information content (AvgIpc) is 2.70. The highest BCUT2D eigenvalue weighted by Gasteiger charge is 2.24. The van der Waals surface area contributed by atoms with Crippen molar-refractivity contribution in [2.45, 2.75) is 66.3 Å². The predicted octanol–water partition coefficient (Wildman–Crippen LogP) is 6.86. The number of rotatable bonds is 6. The van der Waals surface area contributed by atoms with Crippen molar-refractivity contribution in [3.05, 3.63) is 48.0 Å². The van der Waals surface area contributed by atoms with Crippen LogP contribution >= 0.6 is 0 Å². The lowest BCUT2D eigenvalue weighted by molar-refractivity contribution is -0.142. The second kappa shape index (κ2) is 11.5. The Balaban J connectivity index is 2.55. The monoisotopic (exact) mass is 484 g/mol. The van der Waals surface area contributed by atoms with Crippen LogP contribution in [0.3, 0.4) is 0 Å². The van der Waals surface area contributed by atoms with Gasteiger partial charge in [0.05, 0.1) is 22.7 Å². The molecule has 2 amide bonds. The van der Waals surface area contributed by atoms with Crippen molar-refractivity contribution in [2.24, 2.45) is 10.2 Å². The zero-order valence-electron chi connectivity index (χ0n) is 21.1. The van der Waals surface area contributed by atoms with Crippen molar-refractivity contribution in [3.63, 3.8) is 0 Å². The van der Waals surface area contributed by atoms with E-state index in [-0.39, 0.29) is 18.0 Å². The third-order valence-corrected chi connectivity index (χ3v) is 4.00. The Kier molecular flexibility index (Phi) is 8.93. The first-order valence-electron chi connectivity index (χ1n) is 11.0. The maximum Gasteiger partial charge on any atom is 0.412 e. The minimum atomic E-state index is -0.774. The van der Waals surface area contributed by atoms with Crippen LogP contribution in [0.1, 0.15) is 54.0 Å². The lowest BCUT2D eigenvalue weighted by atomic mass is 10.1. The molecule has 0 aliphatic rings. The number of ether oxygens (including phenoxy) is 3. The number of amides is 2. The molecule has 0 saturated heterocycles. The molecular formula is C25H32N4O6. The van der Waals surface area contributed by atoms with E-state index in [1.54, 1.807) is 59.7 Å². The Morgan fingerprint density at radius 2 is 1.37 bits per heavy atom. The van der Waals surface area contributed by atoms with Crippen LogP contribution in [0.5, 0.6) is 0 Å². The molecule has 2 rings (SSSR count). The van der Waals surface area contributed by atoms with Crippen LogP contribution in [-0.2, 0) is 25.6 Å². The molecule has 0 atom stereocenters. The third-order valence-electron chi connectivity index (χ3n) is 4.00. The highest BCUT2D eigenvalue weighted by atomic mass is 16.6. The Labute approximate surface area is 205 Å². The van der Waals surface area contributed by atoms with E-state index in [2.05, 4.69) is 20.9 Å². The number of hydrogen-bond acceptors (Lipinski definition) is 8. The Bertz CT molecular complexity index is 1090. The molecule has 0 aromatic heterocycles. The SMILES string of the molecule is CC(=O)OCc1c(N=Nc2ccccc2)ccc(NC(=O)OC(C)(C)C)c1NC(=O)OC(C)(C)C. The summed E-state index contributed by atoms with van der Waals surface area (Å²) in [5.74, 6) is -0.537. The molecule has 2 aromatic carbocycles. The van der Waals surface area contributed by atoms with Gasteiger partial charge in [-0.2, -0.15) is 10.2 Å². The van der Waals surface area contributed by atoms with E-state index >= 15 is 0 Å². The first-order chi connectivity index (χ1) is 16.2. The highest BCUT2D eigenvalue weighted by Crippen LogP contribution is 2.36. The summed E-state index contributed by atoms with van der Waals surface area (Å²) in [6, 6.07) is 12.1. The normalized spacial score (nSPS) is 11.6. The van der Waals surface area contributed by atoms with Gasteiger partial charge in [-0.1, -0.05) is 18.2 Å². The smallest absolute Gasteiger partial charge is 0.412 e. The van der Waals surface area contributed by atoms with Crippen LogP contribution in [0.2, 0.25) is 0 Å². The summed E-state index contributed by atoms with van der Waals surface area (Å²) in [6.07, 6.45) is -1.51. The molecule has 0 spiro atoms. The molecule has 2 N–H and O–H groups in total. The molecule has 10 heteroatoms. The molecule has 0 aliphatic carbocycles. The number of carbonyl (C=O) groups excluding carboxylic acids is 3. The van der Waals surface area contributed by atoms with Crippen molar-refractivity contribution in [1.29, 1.82) is 0 Å². The van der Waals surface area contributed by atoms with Crippen molar-refractivity contribution in [1.82, 2.24) is 0 Å². The van der Waals surface area contributed by atoms with E-state index in [0.717, 1.165) is 0 Å². The summed E-state index contributed by atoms with van der Waals surface area (Å²) in [6.45, 7) is 11.4. The van der Waals surface area contributed by atoms with Gasteiger partial charge in [-0.3, -0.25) is 15.4 Å². The van der Waals surface area contributed by atoms with Gasteiger partial charge in [0.1, 0.15) is 17.8 Å². The molecule has 0 unspecified atom stereocenters. The Hall–Kier alpha value is -3.95. The van der Waals surface area contributed by atoms with Crippen molar-refractivity contribution in [2.75, 3.05) is 10.6 Å². The minimum absolute atomic E-state index is 0.135. The third kappa shape index (κ3) is 9.83. The van der Waals surface area contributed by atoms with Gasteiger partial charge in [0.2, 0.25) is 0 Å². The number of carbonyl (C=O) groups is 3. The van der Waals surface area contributed by atoms with E-state index in [4.69, 9.17) is 14.2 Å². The topological polar surface area (TPSA) is 128 Å². The molecule has 0 bridgehead atoms. The fourth-order valence-electron chi connectivity index (χ4n) is 2.72. The largest absolute Gasteiger partial charge is 0.461 e. The fraction of sp³-hybridized carbons (Fsp3) is 0.400. The summed E-state index contributed by atoms with van der Waals surface area (Å²) >= 11 is 0.